The summed E-state index contributed by atoms with van der Waals surface area (Å²) in [6, 6.07) is 33.2. The summed E-state index contributed by atoms with van der Waals surface area (Å²) in [4.78, 5) is 0. The van der Waals surface area contributed by atoms with Gasteiger partial charge in [-0.05, 0) is 58.7 Å². The van der Waals surface area contributed by atoms with Crippen LogP contribution in [0.25, 0.3) is 21.9 Å². The molecule has 0 heteroatoms. The maximum Gasteiger partial charge on any atom is -0.0152 e. The van der Waals surface area contributed by atoms with Crippen molar-refractivity contribution < 1.29 is 0 Å². The van der Waals surface area contributed by atoms with Crippen molar-refractivity contribution in [1.29, 1.82) is 0 Å². The van der Waals surface area contributed by atoms with Gasteiger partial charge in [-0.3, -0.25) is 0 Å². The molecule has 27 heavy (non-hydrogen) atoms. The van der Waals surface area contributed by atoms with E-state index in [1.54, 1.807) is 0 Å². The second kappa shape index (κ2) is 7.80. The first-order valence-electron chi connectivity index (χ1n) is 9.84. The van der Waals surface area contributed by atoms with Crippen LogP contribution in [0.1, 0.15) is 36.0 Å². The summed E-state index contributed by atoms with van der Waals surface area (Å²) >= 11 is 0. The minimum atomic E-state index is 0.552. The molecule has 4 rings (SSSR count). The molecule has 0 spiro atoms. The Kier molecular flexibility index (Phi) is 5.07. The van der Waals surface area contributed by atoms with Gasteiger partial charge in [0.2, 0.25) is 0 Å². The van der Waals surface area contributed by atoms with Crippen molar-refractivity contribution in [3.63, 3.8) is 0 Å². The number of aryl methyl sites for hydroxylation is 2. The average molecular weight is 351 g/mol. The lowest BCUT2D eigenvalue weighted by Crippen LogP contribution is -1.97. The third kappa shape index (κ3) is 3.95. The summed E-state index contributed by atoms with van der Waals surface area (Å²) in [6.07, 6.45) is 2.28. The van der Waals surface area contributed by atoms with Gasteiger partial charge in [-0.2, -0.15) is 0 Å². The van der Waals surface area contributed by atoms with Gasteiger partial charge in [0.05, 0.1) is 0 Å². The first kappa shape index (κ1) is 17.5. The maximum absolute atomic E-state index is 2.34. The fourth-order valence-electron chi connectivity index (χ4n) is 3.80. The van der Waals surface area contributed by atoms with Crippen molar-refractivity contribution in [3.05, 3.63) is 108 Å². The summed E-state index contributed by atoms with van der Waals surface area (Å²) in [6.45, 7) is 4.47. The lowest BCUT2D eigenvalue weighted by Gasteiger charge is -2.14. The van der Waals surface area contributed by atoms with E-state index in [1.807, 2.05) is 0 Å². The van der Waals surface area contributed by atoms with Crippen LogP contribution >= 0.6 is 0 Å². The molecule has 0 aromatic heterocycles. The van der Waals surface area contributed by atoms with Crippen LogP contribution in [-0.4, -0.2) is 0 Å². The molecule has 4 aromatic rings. The molecule has 134 valence electrons. The zero-order chi connectivity index (χ0) is 18.6. The number of rotatable bonds is 5. The van der Waals surface area contributed by atoms with Crippen molar-refractivity contribution in [2.75, 3.05) is 0 Å². The van der Waals surface area contributed by atoms with Crippen LogP contribution in [0.4, 0.5) is 0 Å². The minimum Gasteiger partial charge on any atom is -0.0616 e. The van der Waals surface area contributed by atoms with E-state index in [0.717, 1.165) is 12.8 Å². The van der Waals surface area contributed by atoms with Crippen LogP contribution in [0, 0.1) is 6.92 Å². The van der Waals surface area contributed by atoms with Gasteiger partial charge in [0.1, 0.15) is 0 Å². The Bertz CT molecular complexity index is 1020. The Morgan fingerprint density at radius 2 is 1.30 bits per heavy atom. The van der Waals surface area contributed by atoms with Crippen LogP contribution in [0.5, 0.6) is 0 Å². The first-order chi connectivity index (χ1) is 13.2. The highest BCUT2D eigenvalue weighted by molar-refractivity contribution is 5.85. The Morgan fingerprint density at radius 1 is 0.667 bits per heavy atom. The third-order valence-electron chi connectivity index (χ3n) is 5.59. The van der Waals surface area contributed by atoms with Gasteiger partial charge in [-0.15, -0.1) is 0 Å². The zero-order valence-corrected chi connectivity index (χ0v) is 16.2. The maximum atomic E-state index is 2.34. The van der Waals surface area contributed by atoms with E-state index in [-0.39, 0.29) is 0 Å². The predicted octanol–water partition coefficient (Wildman–Crippen LogP) is 7.55. The van der Waals surface area contributed by atoms with E-state index in [4.69, 9.17) is 0 Å². The molecule has 0 saturated heterocycles. The van der Waals surface area contributed by atoms with Crippen molar-refractivity contribution in [2.45, 2.75) is 32.6 Å². The van der Waals surface area contributed by atoms with Gasteiger partial charge in [-0.1, -0.05) is 103 Å². The van der Waals surface area contributed by atoms with Gasteiger partial charge in [-0.25, -0.2) is 0 Å². The highest BCUT2D eigenvalue weighted by Crippen LogP contribution is 2.27. The molecule has 0 saturated carbocycles. The fourth-order valence-corrected chi connectivity index (χ4v) is 3.80. The highest BCUT2D eigenvalue weighted by Gasteiger charge is 2.08. The van der Waals surface area contributed by atoms with Gasteiger partial charge < -0.3 is 0 Å². The minimum absolute atomic E-state index is 0.552. The standard InChI is InChI=1S/C27H26/c1-20-10-13-23(14-11-20)24-18-16-22(17-19-24)21(2)12-15-26-8-5-7-25-6-3-4-9-27(25)26/h3-11,13-14,16-19,21H,12,15H2,1-2H3. The summed E-state index contributed by atoms with van der Waals surface area (Å²) in [5.74, 6) is 0.552. The molecule has 0 aliphatic carbocycles. The molecule has 4 aromatic carbocycles. The number of fused-ring (bicyclic) bond motifs is 1. The molecular formula is C27H26. The summed E-state index contributed by atoms with van der Waals surface area (Å²) in [7, 11) is 0. The third-order valence-corrected chi connectivity index (χ3v) is 5.59. The Labute approximate surface area is 162 Å². The van der Waals surface area contributed by atoms with E-state index in [1.165, 1.54) is 38.6 Å². The van der Waals surface area contributed by atoms with Crippen molar-refractivity contribution in [2.24, 2.45) is 0 Å². The summed E-state index contributed by atoms with van der Waals surface area (Å²) < 4.78 is 0. The van der Waals surface area contributed by atoms with Crippen LogP contribution in [0.15, 0.2) is 91.0 Å². The molecule has 0 N–H and O–H groups in total. The molecule has 0 amide bonds. The van der Waals surface area contributed by atoms with E-state index >= 15 is 0 Å². The smallest absolute Gasteiger partial charge is 0.0152 e. The molecule has 0 aliphatic heterocycles. The lowest BCUT2D eigenvalue weighted by atomic mass is 9.91. The van der Waals surface area contributed by atoms with E-state index in [2.05, 4.69) is 105 Å². The molecule has 1 unspecified atom stereocenters. The molecule has 0 radical (unpaired) electrons. The van der Waals surface area contributed by atoms with Crippen molar-refractivity contribution >= 4 is 10.8 Å². The Morgan fingerprint density at radius 3 is 2.04 bits per heavy atom. The predicted molar refractivity (Wildman–Crippen MR) is 117 cm³/mol. The van der Waals surface area contributed by atoms with Gasteiger partial charge >= 0.3 is 0 Å². The quantitative estimate of drug-likeness (QED) is 0.348. The summed E-state index contributed by atoms with van der Waals surface area (Å²) in [5, 5.41) is 2.73. The van der Waals surface area contributed by atoms with Crippen molar-refractivity contribution in [1.82, 2.24) is 0 Å². The van der Waals surface area contributed by atoms with E-state index in [9.17, 15) is 0 Å². The number of hydrogen-bond acceptors (Lipinski definition) is 0. The Hall–Kier alpha value is -2.86. The second-order valence-corrected chi connectivity index (χ2v) is 7.57. The molecule has 0 nitrogen and oxygen atoms in total. The average Bonchev–Trinajstić information content (AvgIpc) is 2.72. The van der Waals surface area contributed by atoms with E-state index in [0.29, 0.717) is 5.92 Å². The SMILES string of the molecule is Cc1ccc(-c2ccc(C(C)CCc3cccc4ccccc34)cc2)cc1. The van der Waals surface area contributed by atoms with Crippen LogP contribution < -0.4 is 0 Å². The topological polar surface area (TPSA) is 0 Å². The second-order valence-electron chi connectivity index (χ2n) is 7.57. The number of hydrogen-bond donors (Lipinski definition) is 0. The fraction of sp³-hybridized carbons (Fsp3) is 0.185. The van der Waals surface area contributed by atoms with Crippen LogP contribution in [0.2, 0.25) is 0 Å². The normalized spacial score (nSPS) is 12.2. The summed E-state index contributed by atoms with van der Waals surface area (Å²) in [5.41, 5.74) is 6.76. The zero-order valence-electron chi connectivity index (χ0n) is 16.2. The molecule has 0 bridgehead atoms. The van der Waals surface area contributed by atoms with Gasteiger partial charge in [0.15, 0.2) is 0 Å². The molecule has 0 heterocycles. The van der Waals surface area contributed by atoms with Gasteiger partial charge in [0.25, 0.3) is 0 Å². The number of benzene rings is 4. The van der Waals surface area contributed by atoms with Gasteiger partial charge in [0, 0.05) is 0 Å². The van der Waals surface area contributed by atoms with Crippen molar-refractivity contribution in [3.8, 4) is 11.1 Å². The molecule has 0 aliphatic rings. The largest absolute Gasteiger partial charge is 0.0616 e. The highest BCUT2D eigenvalue weighted by atomic mass is 14.1. The lowest BCUT2D eigenvalue weighted by molar-refractivity contribution is 0.682. The van der Waals surface area contributed by atoms with Crippen LogP contribution in [0.3, 0.4) is 0 Å². The Balaban J connectivity index is 1.46. The molecular weight excluding hydrogens is 324 g/mol. The van der Waals surface area contributed by atoms with Crippen LogP contribution in [-0.2, 0) is 6.42 Å². The molecule has 1 atom stereocenters. The molecule has 0 fully saturated rings. The monoisotopic (exact) mass is 350 g/mol. The van der Waals surface area contributed by atoms with E-state index < -0.39 is 0 Å². The first-order valence-corrected chi connectivity index (χ1v) is 9.84.